The zero-order valence-corrected chi connectivity index (χ0v) is 14.9. The highest BCUT2D eigenvalue weighted by molar-refractivity contribution is 5.90. The lowest BCUT2D eigenvalue weighted by Crippen LogP contribution is -2.28. The van der Waals surface area contributed by atoms with E-state index in [-0.39, 0.29) is 5.91 Å². The Bertz CT molecular complexity index is 1050. The molecule has 0 aliphatic carbocycles. The number of benzene rings is 2. The summed E-state index contributed by atoms with van der Waals surface area (Å²) in [6.45, 7) is 1.19. The molecular weight excluding hydrogens is 336 g/mol. The van der Waals surface area contributed by atoms with E-state index in [9.17, 15) is 4.79 Å². The number of pyridine rings is 1. The van der Waals surface area contributed by atoms with Gasteiger partial charge in [0.15, 0.2) is 5.82 Å². The summed E-state index contributed by atoms with van der Waals surface area (Å²) in [4.78, 5) is 21.1. The summed E-state index contributed by atoms with van der Waals surface area (Å²) in [7, 11) is 0. The van der Waals surface area contributed by atoms with Crippen molar-refractivity contribution >= 4 is 16.7 Å². The fraction of sp³-hybridized carbons (Fsp3) is 0.136. The summed E-state index contributed by atoms with van der Waals surface area (Å²) in [5.41, 5.74) is 1.87. The monoisotopic (exact) mass is 356 g/mol. The average molecular weight is 356 g/mol. The molecule has 4 aromatic rings. The van der Waals surface area contributed by atoms with E-state index in [2.05, 4.69) is 33.5 Å². The van der Waals surface area contributed by atoms with Gasteiger partial charge in [-0.1, -0.05) is 48.5 Å². The van der Waals surface area contributed by atoms with Crippen LogP contribution in [0, 0.1) is 0 Å². The van der Waals surface area contributed by atoms with Crippen LogP contribution in [0.2, 0.25) is 0 Å². The molecule has 2 aromatic heterocycles. The molecule has 0 bridgehead atoms. The van der Waals surface area contributed by atoms with Gasteiger partial charge in [-0.2, -0.15) is 0 Å². The molecule has 1 N–H and O–H groups in total. The maximum Gasteiger partial charge on any atom is 0.224 e. The number of hydrogen-bond acceptors (Lipinski definition) is 3. The van der Waals surface area contributed by atoms with Crippen molar-refractivity contribution in [1.29, 1.82) is 0 Å². The van der Waals surface area contributed by atoms with Crippen LogP contribution < -0.4 is 5.32 Å². The molecule has 5 heteroatoms. The molecule has 27 heavy (non-hydrogen) atoms. The number of rotatable bonds is 6. The van der Waals surface area contributed by atoms with Crippen molar-refractivity contribution in [2.45, 2.75) is 13.0 Å². The molecule has 0 saturated carbocycles. The molecule has 0 spiro atoms. The fourth-order valence-electron chi connectivity index (χ4n) is 3.22. The normalized spacial score (nSPS) is 10.8. The summed E-state index contributed by atoms with van der Waals surface area (Å²) in [6, 6.07) is 20.0. The molecule has 4 rings (SSSR count). The first-order valence-corrected chi connectivity index (χ1v) is 8.97. The highest BCUT2D eigenvalue weighted by atomic mass is 16.1. The number of nitrogens with zero attached hydrogens (tertiary/aromatic N) is 3. The van der Waals surface area contributed by atoms with Crippen molar-refractivity contribution in [3.8, 4) is 11.5 Å². The standard InChI is InChI=1S/C22H20N4O/c27-21(16-18-8-5-7-17-6-1-2-9-19(17)18)24-12-14-26-15-13-25-22(26)20-10-3-4-11-23-20/h1-11,13,15H,12,14,16H2,(H,24,27). The Morgan fingerprint density at radius 2 is 1.78 bits per heavy atom. The van der Waals surface area contributed by atoms with Gasteiger partial charge in [-0.3, -0.25) is 9.78 Å². The molecule has 0 radical (unpaired) electrons. The number of carbonyl (C=O) groups is 1. The number of fused-ring (bicyclic) bond motifs is 1. The van der Waals surface area contributed by atoms with Crippen LogP contribution >= 0.6 is 0 Å². The van der Waals surface area contributed by atoms with Gasteiger partial charge >= 0.3 is 0 Å². The Morgan fingerprint density at radius 1 is 0.926 bits per heavy atom. The minimum Gasteiger partial charge on any atom is -0.354 e. The molecule has 0 atom stereocenters. The second-order valence-corrected chi connectivity index (χ2v) is 6.32. The van der Waals surface area contributed by atoms with E-state index in [4.69, 9.17) is 0 Å². The van der Waals surface area contributed by atoms with Crippen molar-refractivity contribution in [3.05, 3.63) is 84.8 Å². The van der Waals surface area contributed by atoms with E-state index in [0.29, 0.717) is 19.5 Å². The van der Waals surface area contributed by atoms with Crippen LogP contribution in [0.4, 0.5) is 0 Å². The quantitative estimate of drug-likeness (QED) is 0.576. The maximum atomic E-state index is 12.4. The number of amides is 1. The third kappa shape index (κ3) is 3.87. The summed E-state index contributed by atoms with van der Waals surface area (Å²) < 4.78 is 2.00. The summed E-state index contributed by atoms with van der Waals surface area (Å²) in [5.74, 6) is 0.824. The maximum absolute atomic E-state index is 12.4. The van der Waals surface area contributed by atoms with Gasteiger partial charge in [0.2, 0.25) is 5.91 Å². The van der Waals surface area contributed by atoms with Gasteiger partial charge in [-0.15, -0.1) is 0 Å². The van der Waals surface area contributed by atoms with E-state index in [1.54, 1.807) is 12.4 Å². The predicted octanol–water partition coefficient (Wildman–Crippen LogP) is 3.46. The van der Waals surface area contributed by atoms with Crippen LogP contribution in [-0.4, -0.2) is 27.0 Å². The van der Waals surface area contributed by atoms with E-state index in [1.165, 1.54) is 0 Å². The molecule has 0 saturated heterocycles. The first kappa shape index (κ1) is 17.0. The van der Waals surface area contributed by atoms with E-state index >= 15 is 0 Å². The molecular formula is C22H20N4O. The van der Waals surface area contributed by atoms with E-state index < -0.39 is 0 Å². The average Bonchev–Trinajstić information content (AvgIpc) is 3.17. The number of hydrogen-bond donors (Lipinski definition) is 1. The van der Waals surface area contributed by atoms with Crippen molar-refractivity contribution in [2.24, 2.45) is 0 Å². The van der Waals surface area contributed by atoms with Crippen LogP contribution in [0.1, 0.15) is 5.56 Å². The molecule has 0 aliphatic heterocycles. The Hall–Kier alpha value is -3.47. The third-order valence-corrected chi connectivity index (χ3v) is 4.52. The van der Waals surface area contributed by atoms with Crippen LogP contribution in [0.5, 0.6) is 0 Å². The highest BCUT2D eigenvalue weighted by Gasteiger charge is 2.09. The number of carbonyl (C=O) groups excluding carboxylic acids is 1. The third-order valence-electron chi connectivity index (χ3n) is 4.52. The first-order chi connectivity index (χ1) is 13.3. The number of nitrogens with one attached hydrogen (secondary N) is 1. The van der Waals surface area contributed by atoms with Gasteiger partial charge in [-0.25, -0.2) is 4.98 Å². The van der Waals surface area contributed by atoms with Crippen LogP contribution in [0.15, 0.2) is 79.3 Å². The van der Waals surface area contributed by atoms with Gasteiger partial charge in [0.05, 0.1) is 6.42 Å². The fourth-order valence-corrected chi connectivity index (χ4v) is 3.22. The largest absolute Gasteiger partial charge is 0.354 e. The van der Waals surface area contributed by atoms with E-state index in [1.807, 2.05) is 53.2 Å². The van der Waals surface area contributed by atoms with Crippen molar-refractivity contribution in [1.82, 2.24) is 19.9 Å². The Morgan fingerprint density at radius 3 is 2.67 bits per heavy atom. The second kappa shape index (κ2) is 7.83. The Labute approximate surface area is 157 Å². The van der Waals surface area contributed by atoms with Crippen molar-refractivity contribution in [2.75, 3.05) is 6.54 Å². The van der Waals surface area contributed by atoms with E-state index in [0.717, 1.165) is 27.9 Å². The molecule has 0 aliphatic rings. The van der Waals surface area contributed by atoms with Gasteiger partial charge in [-0.05, 0) is 28.5 Å². The lowest BCUT2D eigenvalue weighted by Gasteiger charge is -2.10. The van der Waals surface area contributed by atoms with Crippen LogP contribution in [0.3, 0.4) is 0 Å². The summed E-state index contributed by atoms with van der Waals surface area (Å²) >= 11 is 0. The molecule has 5 nitrogen and oxygen atoms in total. The minimum absolute atomic E-state index is 0.0193. The van der Waals surface area contributed by atoms with Gasteiger partial charge in [0, 0.05) is 31.7 Å². The molecule has 1 amide bonds. The Kier molecular flexibility index (Phi) is 4.92. The summed E-state index contributed by atoms with van der Waals surface area (Å²) in [5, 5.41) is 5.29. The molecule has 2 heterocycles. The SMILES string of the molecule is O=C(Cc1cccc2ccccc12)NCCn1ccnc1-c1ccccn1. The lowest BCUT2D eigenvalue weighted by molar-refractivity contribution is -0.120. The summed E-state index contributed by atoms with van der Waals surface area (Å²) in [6.07, 6.45) is 5.78. The topological polar surface area (TPSA) is 59.8 Å². The van der Waals surface area contributed by atoms with Gasteiger partial charge in [0.1, 0.15) is 5.69 Å². The van der Waals surface area contributed by atoms with Gasteiger partial charge in [0.25, 0.3) is 0 Å². The van der Waals surface area contributed by atoms with Crippen LogP contribution in [0.25, 0.3) is 22.3 Å². The number of aromatic nitrogens is 3. The zero-order chi connectivity index (χ0) is 18.5. The van der Waals surface area contributed by atoms with Crippen molar-refractivity contribution in [3.63, 3.8) is 0 Å². The zero-order valence-electron chi connectivity index (χ0n) is 14.9. The number of imidazole rings is 1. The molecule has 0 fully saturated rings. The molecule has 2 aromatic carbocycles. The van der Waals surface area contributed by atoms with Crippen molar-refractivity contribution < 1.29 is 4.79 Å². The lowest BCUT2D eigenvalue weighted by atomic mass is 10.0. The predicted molar refractivity (Wildman–Crippen MR) is 106 cm³/mol. The molecule has 0 unspecified atom stereocenters. The van der Waals surface area contributed by atoms with Gasteiger partial charge < -0.3 is 9.88 Å². The van der Waals surface area contributed by atoms with Crippen LogP contribution in [-0.2, 0) is 17.8 Å². The molecule has 134 valence electrons. The highest BCUT2D eigenvalue weighted by Crippen LogP contribution is 2.19. The minimum atomic E-state index is 0.0193. The first-order valence-electron chi connectivity index (χ1n) is 8.97. The smallest absolute Gasteiger partial charge is 0.224 e. The Balaban J connectivity index is 1.37. The second-order valence-electron chi connectivity index (χ2n) is 6.32.